The molecule has 0 aliphatic carbocycles. The number of aliphatic hydroxyl groups is 1. The SMILES string of the molecule is COc1cc(OC)cc(C(=O)N2CCC(O)(CN(C)C)C2)c1. The third-order valence-corrected chi connectivity index (χ3v) is 3.83. The van der Waals surface area contributed by atoms with Crippen molar-refractivity contribution < 1.29 is 19.4 Å². The lowest BCUT2D eigenvalue weighted by molar-refractivity contribution is 0.0236. The van der Waals surface area contributed by atoms with Crippen LogP contribution in [0.1, 0.15) is 16.8 Å². The summed E-state index contributed by atoms with van der Waals surface area (Å²) in [5.41, 5.74) is -0.340. The van der Waals surface area contributed by atoms with Gasteiger partial charge in [-0.05, 0) is 32.6 Å². The van der Waals surface area contributed by atoms with Crippen molar-refractivity contribution in [3.8, 4) is 11.5 Å². The highest BCUT2D eigenvalue weighted by atomic mass is 16.5. The Morgan fingerprint density at radius 2 is 1.86 bits per heavy atom. The first-order chi connectivity index (χ1) is 10.4. The fourth-order valence-corrected chi connectivity index (χ4v) is 2.86. The molecule has 0 aromatic heterocycles. The van der Waals surface area contributed by atoms with E-state index in [0.717, 1.165) is 0 Å². The highest BCUT2D eigenvalue weighted by Crippen LogP contribution is 2.27. The van der Waals surface area contributed by atoms with Gasteiger partial charge in [0.15, 0.2) is 0 Å². The third-order valence-electron chi connectivity index (χ3n) is 3.83. The Morgan fingerprint density at radius 3 is 2.36 bits per heavy atom. The minimum atomic E-state index is -0.845. The van der Waals surface area contributed by atoms with E-state index in [1.165, 1.54) is 0 Å². The number of hydrogen-bond acceptors (Lipinski definition) is 5. The number of rotatable bonds is 5. The van der Waals surface area contributed by atoms with E-state index in [2.05, 4.69) is 0 Å². The van der Waals surface area contributed by atoms with Gasteiger partial charge >= 0.3 is 0 Å². The number of likely N-dealkylation sites (tertiary alicyclic amines) is 1. The molecule has 6 nitrogen and oxygen atoms in total. The predicted octanol–water partition coefficient (Wildman–Crippen LogP) is 0.842. The topological polar surface area (TPSA) is 62.2 Å². The molecule has 1 aliphatic heterocycles. The van der Waals surface area contributed by atoms with Crippen molar-refractivity contribution in [2.75, 3.05) is 47.9 Å². The van der Waals surface area contributed by atoms with Gasteiger partial charge in [0.2, 0.25) is 0 Å². The summed E-state index contributed by atoms with van der Waals surface area (Å²) in [5, 5.41) is 10.5. The normalized spacial score (nSPS) is 21.3. The van der Waals surface area contributed by atoms with Gasteiger partial charge in [0.05, 0.1) is 26.4 Å². The number of likely N-dealkylation sites (N-methyl/N-ethyl adjacent to an activating group) is 1. The molecule has 0 saturated carbocycles. The molecule has 1 aliphatic rings. The first-order valence-electron chi connectivity index (χ1n) is 7.26. The lowest BCUT2D eigenvalue weighted by Crippen LogP contribution is -2.43. The number of nitrogens with zero attached hydrogens (tertiary/aromatic N) is 2. The van der Waals surface area contributed by atoms with Crippen molar-refractivity contribution >= 4 is 5.91 Å². The molecule has 22 heavy (non-hydrogen) atoms. The van der Waals surface area contributed by atoms with Gasteiger partial charge in [-0.2, -0.15) is 0 Å². The summed E-state index contributed by atoms with van der Waals surface area (Å²) >= 11 is 0. The Bertz CT molecular complexity index is 525. The average molecular weight is 308 g/mol. The summed E-state index contributed by atoms with van der Waals surface area (Å²) in [5.74, 6) is 1.03. The molecule has 1 saturated heterocycles. The van der Waals surface area contributed by atoms with Crippen molar-refractivity contribution in [1.29, 1.82) is 0 Å². The molecule has 1 heterocycles. The Balaban J connectivity index is 2.16. The zero-order chi connectivity index (χ0) is 16.3. The first-order valence-corrected chi connectivity index (χ1v) is 7.26. The van der Waals surface area contributed by atoms with Crippen molar-refractivity contribution in [2.24, 2.45) is 0 Å². The van der Waals surface area contributed by atoms with E-state index in [0.29, 0.717) is 43.1 Å². The van der Waals surface area contributed by atoms with Gasteiger partial charge in [-0.1, -0.05) is 0 Å². The van der Waals surface area contributed by atoms with Gasteiger partial charge in [0.1, 0.15) is 11.5 Å². The number of amides is 1. The molecular weight excluding hydrogens is 284 g/mol. The number of ether oxygens (including phenoxy) is 2. The van der Waals surface area contributed by atoms with E-state index in [-0.39, 0.29) is 5.91 Å². The van der Waals surface area contributed by atoms with Gasteiger partial charge in [0, 0.05) is 24.7 Å². The lowest BCUT2D eigenvalue weighted by Gasteiger charge is -2.26. The summed E-state index contributed by atoms with van der Waals surface area (Å²) in [6.45, 7) is 1.42. The van der Waals surface area contributed by atoms with E-state index < -0.39 is 5.60 Å². The van der Waals surface area contributed by atoms with Crippen LogP contribution in [0.25, 0.3) is 0 Å². The van der Waals surface area contributed by atoms with Crippen LogP contribution in [0.3, 0.4) is 0 Å². The second-order valence-electron chi connectivity index (χ2n) is 6.04. The zero-order valence-corrected chi connectivity index (χ0v) is 13.6. The lowest BCUT2D eigenvalue weighted by atomic mass is 10.0. The van der Waals surface area contributed by atoms with Crippen LogP contribution in [-0.4, -0.2) is 74.4 Å². The predicted molar refractivity (Wildman–Crippen MR) is 83.6 cm³/mol. The molecule has 0 bridgehead atoms. The van der Waals surface area contributed by atoms with E-state index in [4.69, 9.17) is 9.47 Å². The van der Waals surface area contributed by atoms with Crippen LogP contribution in [0.15, 0.2) is 18.2 Å². The summed E-state index contributed by atoms with van der Waals surface area (Å²) in [6.07, 6.45) is 0.581. The number of carbonyl (C=O) groups excluding carboxylic acids is 1. The standard InChI is InChI=1S/C16H24N2O4/c1-17(2)10-16(20)5-6-18(11-16)15(19)12-7-13(21-3)9-14(8-12)22-4/h7-9,20H,5-6,10-11H2,1-4H3. The molecule has 1 unspecified atom stereocenters. The number of hydrogen-bond donors (Lipinski definition) is 1. The van der Waals surface area contributed by atoms with Crippen LogP contribution in [0.5, 0.6) is 11.5 Å². The van der Waals surface area contributed by atoms with E-state index in [9.17, 15) is 9.90 Å². The maximum Gasteiger partial charge on any atom is 0.254 e. The Hall–Kier alpha value is -1.79. The molecule has 0 spiro atoms. The first kappa shape index (κ1) is 16.6. The highest BCUT2D eigenvalue weighted by Gasteiger charge is 2.38. The molecule has 1 atom stereocenters. The van der Waals surface area contributed by atoms with Gasteiger partial charge < -0.3 is 24.4 Å². The monoisotopic (exact) mass is 308 g/mol. The number of benzene rings is 1. The second kappa shape index (κ2) is 6.54. The molecular formula is C16H24N2O4. The number of methoxy groups -OCH3 is 2. The molecule has 1 aromatic rings. The highest BCUT2D eigenvalue weighted by molar-refractivity contribution is 5.95. The van der Waals surface area contributed by atoms with E-state index in [1.54, 1.807) is 37.3 Å². The molecule has 1 amide bonds. The molecule has 122 valence electrons. The maximum absolute atomic E-state index is 12.6. The molecule has 1 fully saturated rings. The van der Waals surface area contributed by atoms with Gasteiger partial charge in [-0.25, -0.2) is 0 Å². The molecule has 0 radical (unpaired) electrons. The fraction of sp³-hybridized carbons (Fsp3) is 0.562. The molecule has 1 aromatic carbocycles. The molecule has 2 rings (SSSR count). The average Bonchev–Trinajstić information content (AvgIpc) is 2.86. The minimum Gasteiger partial charge on any atom is -0.497 e. The van der Waals surface area contributed by atoms with Gasteiger partial charge in [0.25, 0.3) is 5.91 Å². The van der Waals surface area contributed by atoms with Crippen molar-refractivity contribution in [2.45, 2.75) is 12.0 Å². The summed E-state index contributed by atoms with van der Waals surface area (Å²) in [6, 6.07) is 5.10. The van der Waals surface area contributed by atoms with Crippen LogP contribution < -0.4 is 9.47 Å². The molecule has 6 heteroatoms. The fourth-order valence-electron chi connectivity index (χ4n) is 2.86. The smallest absolute Gasteiger partial charge is 0.254 e. The third kappa shape index (κ3) is 3.69. The maximum atomic E-state index is 12.6. The van der Waals surface area contributed by atoms with Crippen LogP contribution in [0.4, 0.5) is 0 Å². The van der Waals surface area contributed by atoms with Crippen LogP contribution in [-0.2, 0) is 0 Å². The van der Waals surface area contributed by atoms with Crippen molar-refractivity contribution in [3.63, 3.8) is 0 Å². The van der Waals surface area contributed by atoms with Gasteiger partial charge in [-0.3, -0.25) is 4.79 Å². The summed E-state index contributed by atoms with van der Waals surface area (Å²) in [7, 11) is 6.92. The summed E-state index contributed by atoms with van der Waals surface area (Å²) < 4.78 is 10.4. The number of β-amino-alcohol motifs (C(OH)–C–C–N with tert-alkyl or cyclic N) is 1. The van der Waals surface area contributed by atoms with Crippen LogP contribution >= 0.6 is 0 Å². The zero-order valence-electron chi connectivity index (χ0n) is 13.6. The minimum absolute atomic E-state index is 0.119. The van der Waals surface area contributed by atoms with Crippen LogP contribution in [0.2, 0.25) is 0 Å². The Kier molecular flexibility index (Phi) is 4.93. The summed E-state index contributed by atoms with van der Waals surface area (Å²) in [4.78, 5) is 16.3. The van der Waals surface area contributed by atoms with E-state index in [1.807, 2.05) is 19.0 Å². The van der Waals surface area contributed by atoms with Gasteiger partial charge in [-0.15, -0.1) is 0 Å². The van der Waals surface area contributed by atoms with Crippen LogP contribution in [0, 0.1) is 0 Å². The Labute approximate surface area is 131 Å². The number of carbonyl (C=O) groups is 1. The largest absolute Gasteiger partial charge is 0.497 e. The quantitative estimate of drug-likeness (QED) is 0.873. The van der Waals surface area contributed by atoms with Crippen molar-refractivity contribution in [3.05, 3.63) is 23.8 Å². The second-order valence-corrected chi connectivity index (χ2v) is 6.04. The van der Waals surface area contributed by atoms with E-state index >= 15 is 0 Å². The molecule has 1 N–H and O–H groups in total. The Morgan fingerprint density at radius 1 is 1.27 bits per heavy atom. The van der Waals surface area contributed by atoms with Crippen molar-refractivity contribution in [1.82, 2.24) is 9.80 Å².